The van der Waals surface area contributed by atoms with E-state index in [1.165, 1.54) is 12.1 Å². The van der Waals surface area contributed by atoms with Gasteiger partial charge in [0.25, 0.3) is 0 Å². The molecule has 0 fully saturated rings. The summed E-state index contributed by atoms with van der Waals surface area (Å²) in [5, 5.41) is 0.497. The Balaban J connectivity index is 1.99. The maximum atomic E-state index is 12.0. The van der Waals surface area contributed by atoms with E-state index in [4.69, 9.17) is 16.0 Å². The summed E-state index contributed by atoms with van der Waals surface area (Å²) in [5.41, 5.74) is 0.785. The molecule has 0 saturated heterocycles. The van der Waals surface area contributed by atoms with Crippen LogP contribution in [0.3, 0.4) is 0 Å². The Morgan fingerprint density at radius 3 is 2.45 bits per heavy atom. The predicted octanol–water partition coefficient (Wildman–Crippen LogP) is 2.47. The van der Waals surface area contributed by atoms with Crippen LogP contribution in [0, 0.1) is 13.8 Å². The van der Waals surface area contributed by atoms with Gasteiger partial charge in [0.2, 0.25) is 10.0 Å². The van der Waals surface area contributed by atoms with Crippen molar-refractivity contribution in [2.45, 2.75) is 25.2 Å². The zero-order valence-corrected chi connectivity index (χ0v) is 12.8. The zero-order valence-electron chi connectivity index (χ0n) is 11.2. The van der Waals surface area contributed by atoms with Gasteiger partial charge in [-0.25, -0.2) is 18.1 Å². The number of halogens is 1. The van der Waals surface area contributed by atoms with Crippen molar-refractivity contribution in [3.63, 3.8) is 0 Å². The van der Waals surface area contributed by atoms with Crippen molar-refractivity contribution in [1.29, 1.82) is 0 Å². The number of oxazole rings is 1. The number of hydrogen-bond donors (Lipinski definition) is 1. The van der Waals surface area contributed by atoms with Crippen molar-refractivity contribution < 1.29 is 12.8 Å². The fourth-order valence-electron chi connectivity index (χ4n) is 1.80. The number of aryl methyl sites for hydroxylation is 2. The molecule has 7 heteroatoms. The molecule has 0 saturated carbocycles. The second-order valence-electron chi connectivity index (χ2n) is 4.34. The molecule has 108 valence electrons. The summed E-state index contributed by atoms with van der Waals surface area (Å²) >= 11 is 5.73. The molecule has 0 aliphatic rings. The predicted molar refractivity (Wildman–Crippen MR) is 76.3 cm³/mol. The maximum Gasteiger partial charge on any atom is 0.240 e. The lowest BCUT2D eigenvalue weighted by atomic mass is 10.3. The van der Waals surface area contributed by atoms with Crippen LogP contribution in [0.5, 0.6) is 0 Å². The molecule has 0 aliphatic heterocycles. The Labute approximate surface area is 123 Å². The van der Waals surface area contributed by atoms with Crippen LogP contribution in [0.4, 0.5) is 0 Å². The van der Waals surface area contributed by atoms with Crippen molar-refractivity contribution in [2.75, 3.05) is 6.54 Å². The molecule has 1 aromatic heterocycles. The Morgan fingerprint density at radius 2 is 1.90 bits per heavy atom. The summed E-state index contributed by atoms with van der Waals surface area (Å²) in [5.74, 6) is 1.28. The van der Waals surface area contributed by atoms with Gasteiger partial charge >= 0.3 is 0 Å². The first kappa shape index (κ1) is 15.0. The van der Waals surface area contributed by atoms with E-state index in [2.05, 4.69) is 9.71 Å². The topological polar surface area (TPSA) is 72.2 Å². The van der Waals surface area contributed by atoms with Gasteiger partial charge in [0.1, 0.15) is 5.76 Å². The van der Waals surface area contributed by atoms with Gasteiger partial charge in [-0.05, 0) is 31.2 Å². The summed E-state index contributed by atoms with van der Waals surface area (Å²) in [7, 11) is -3.52. The van der Waals surface area contributed by atoms with Crippen LogP contribution in [0.1, 0.15) is 17.3 Å². The van der Waals surface area contributed by atoms with E-state index in [0.717, 1.165) is 5.69 Å². The van der Waals surface area contributed by atoms with Gasteiger partial charge in [0.05, 0.1) is 10.6 Å². The smallest absolute Gasteiger partial charge is 0.240 e. The molecule has 0 atom stereocenters. The van der Waals surface area contributed by atoms with Gasteiger partial charge in [-0.2, -0.15) is 0 Å². The lowest BCUT2D eigenvalue weighted by Gasteiger charge is -2.06. The molecule has 1 aromatic carbocycles. The standard InChI is InChI=1S/C13H15ClN2O3S/c1-9-13(19-10(2)16-9)7-8-15-20(17,18)12-5-3-11(14)4-6-12/h3-6,15H,7-8H2,1-2H3. The van der Waals surface area contributed by atoms with Gasteiger partial charge in [-0.15, -0.1) is 0 Å². The highest BCUT2D eigenvalue weighted by atomic mass is 35.5. The second kappa shape index (κ2) is 5.95. The van der Waals surface area contributed by atoms with Gasteiger partial charge in [0, 0.05) is 24.9 Å². The fourth-order valence-corrected chi connectivity index (χ4v) is 2.96. The first-order valence-corrected chi connectivity index (χ1v) is 7.93. The molecule has 5 nitrogen and oxygen atoms in total. The Kier molecular flexibility index (Phi) is 4.47. The van der Waals surface area contributed by atoms with Crippen LogP contribution in [0.25, 0.3) is 0 Å². The number of hydrogen-bond acceptors (Lipinski definition) is 4. The summed E-state index contributed by atoms with van der Waals surface area (Å²) < 4.78 is 32.0. The maximum absolute atomic E-state index is 12.0. The number of sulfonamides is 1. The highest BCUT2D eigenvalue weighted by Crippen LogP contribution is 2.14. The number of rotatable bonds is 5. The van der Waals surface area contributed by atoms with Crippen molar-refractivity contribution in [3.8, 4) is 0 Å². The van der Waals surface area contributed by atoms with E-state index in [1.807, 2.05) is 6.92 Å². The average Bonchev–Trinajstić information content (AvgIpc) is 2.68. The molecule has 0 bridgehead atoms. The molecular weight excluding hydrogens is 300 g/mol. The average molecular weight is 315 g/mol. The summed E-state index contributed by atoms with van der Waals surface area (Å²) in [6, 6.07) is 6.02. The van der Waals surface area contributed by atoms with E-state index in [0.29, 0.717) is 23.1 Å². The number of aromatic nitrogens is 1. The number of nitrogens with one attached hydrogen (secondary N) is 1. The number of benzene rings is 1. The first-order chi connectivity index (χ1) is 9.38. The van der Waals surface area contributed by atoms with Gasteiger partial charge in [-0.3, -0.25) is 0 Å². The SMILES string of the molecule is Cc1nc(C)c(CCNS(=O)(=O)c2ccc(Cl)cc2)o1. The van der Waals surface area contributed by atoms with E-state index in [1.54, 1.807) is 19.1 Å². The van der Waals surface area contributed by atoms with E-state index in [-0.39, 0.29) is 11.4 Å². The van der Waals surface area contributed by atoms with Crippen molar-refractivity contribution in [2.24, 2.45) is 0 Å². The highest BCUT2D eigenvalue weighted by Gasteiger charge is 2.14. The lowest BCUT2D eigenvalue weighted by molar-refractivity contribution is 0.472. The largest absolute Gasteiger partial charge is 0.446 e. The third-order valence-electron chi connectivity index (χ3n) is 2.77. The van der Waals surface area contributed by atoms with Gasteiger partial charge in [0.15, 0.2) is 5.89 Å². The molecule has 0 radical (unpaired) electrons. The lowest BCUT2D eigenvalue weighted by Crippen LogP contribution is -2.26. The normalized spacial score (nSPS) is 11.8. The van der Waals surface area contributed by atoms with Crippen molar-refractivity contribution in [3.05, 3.63) is 46.6 Å². The zero-order chi connectivity index (χ0) is 14.8. The van der Waals surface area contributed by atoms with Crippen LogP contribution in [-0.4, -0.2) is 19.9 Å². The fraction of sp³-hybridized carbons (Fsp3) is 0.308. The summed E-state index contributed by atoms with van der Waals surface area (Å²) in [6.07, 6.45) is 0.458. The van der Waals surface area contributed by atoms with E-state index in [9.17, 15) is 8.42 Å². The third-order valence-corrected chi connectivity index (χ3v) is 4.50. The molecule has 1 heterocycles. The minimum Gasteiger partial charge on any atom is -0.446 e. The van der Waals surface area contributed by atoms with Gasteiger partial charge < -0.3 is 4.42 Å². The van der Waals surface area contributed by atoms with Crippen LogP contribution < -0.4 is 4.72 Å². The molecule has 0 unspecified atom stereocenters. The highest BCUT2D eigenvalue weighted by molar-refractivity contribution is 7.89. The van der Waals surface area contributed by atoms with Crippen LogP contribution in [-0.2, 0) is 16.4 Å². The second-order valence-corrected chi connectivity index (χ2v) is 6.55. The molecule has 0 aliphatic carbocycles. The molecule has 0 amide bonds. The third kappa shape index (κ3) is 3.59. The Morgan fingerprint density at radius 1 is 1.25 bits per heavy atom. The molecule has 1 N–H and O–H groups in total. The number of nitrogens with zero attached hydrogens (tertiary/aromatic N) is 1. The Bertz CT molecular complexity index is 693. The van der Waals surface area contributed by atoms with Crippen LogP contribution >= 0.6 is 11.6 Å². The molecule has 20 heavy (non-hydrogen) atoms. The van der Waals surface area contributed by atoms with E-state index < -0.39 is 10.0 Å². The summed E-state index contributed by atoms with van der Waals surface area (Å²) in [4.78, 5) is 4.32. The molecule has 2 aromatic rings. The quantitative estimate of drug-likeness (QED) is 0.920. The first-order valence-electron chi connectivity index (χ1n) is 6.06. The van der Waals surface area contributed by atoms with Crippen molar-refractivity contribution >= 4 is 21.6 Å². The molecule has 0 spiro atoms. The van der Waals surface area contributed by atoms with Crippen LogP contribution in [0.2, 0.25) is 5.02 Å². The van der Waals surface area contributed by atoms with Crippen LogP contribution in [0.15, 0.2) is 33.6 Å². The minimum absolute atomic E-state index is 0.187. The monoisotopic (exact) mass is 314 g/mol. The van der Waals surface area contributed by atoms with Gasteiger partial charge in [-0.1, -0.05) is 11.6 Å². The molecular formula is C13H15ClN2O3S. The van der Waals surface area contributed by atoms with E-state index >= 15 is 0 Å². The molecule has 2 rings (SSSR count). The Hall–Kier alpha value is -1.37. The summed E-state index contributed by atoms with van der Waals surface area (Å²) in [6.45, 7) is 3.84. The minimum atomic E-state index is -3.52. The van der Waals surface area contributed by atoms with Crippen molar-refractivity contribution in [1.82, 2.24) is 9.71 Å².